The van der Waals surface area contributed by atoms with Gasteiger partial charge in [0.25, 0.3) is 0 Å². The highest BCUT2D eigenvalue weighted by Gasteiger charge is 2.32. The maximum Gasteiger partial charge on any atom is 0.127 e. The number of benzene rings is 4. The molecule has 185 valence electrons. The fraction of sp³-hybridized carbons (Fsp3) is 0.250. The summed E-state index contributed by atoms with van der Waals surface area (Å²) in [7, 11) is 2.20. The molecule has 1 radical (unpaired) electrons. The Hall–Kier alpha value is -2.66. The molecule has 0 spiro atoms. The third-order valence-electron chi connectivity index (χ3n) is 6.27. The lowest BCUT2D eigenvalue weighted by Gasteiger charge is -2.34. The molecule has 0 fully saturated rings. The van der Waals surface area contributed by atoms with Gasteiger partial charge in [-0.05, 0) is 66.5 Å². The van der Waals surface area contributed by atoms with Crippen LogP contribution in [-0.2, 0) is 0 Å². The van der Waals surface area contributed by atoms with E-state index in [0.29, 0.717) is 11.6 Å². The lowest BCUT2D eigenvalue weighted by molar-refractivity contribution is 0.410. The SMILES string of the molecule is COc1ccc[c]c1-c1c(OC)cccc1P(C(C)C)P(c1ccccc1)c1ccc(C(C)C)cc1. The normalized spacial score (nSPS) is 13.0. The predicted molar refractivity (Wildman–Crippen MR) is 159 cm³/mol. The minimum absolute atomic E-state index is 0.455. The van der Waals surface area contributed by atoms with Gasteiger partial charge in [-0.1, -0.05) is 107 Å². The standard InChI is InChI=1S/C32H35O2P2/c1-23(2)25-19-21-27(22-20-25)36(26-13-8-7-9-14-26)35(24(3)4)31-18-12-17-30(34-6)32(31)28-15-10-11-16-29(28)33-5/h7-14,16-24H,1-6H3. The molecule has 0 saturated heterocycles. The first-order chi connectivity index (χ1) is 17.5. The summed E-state index contributed by atoms with van der Waals surface area (Å²) in [4.78, 5) is 0. The Bertz CT molecular complexity index is 1270. The van der Waals surface area contributed by atoms with E-state index in [1.54, 1.807) is 14.2 Å². The fourth-order valence-corrected chi connectivity index (χ4v) is 12.9. The molecular formula is C32H35O2P2. The topological polar surface area (TPSA) is 18.5 Å². The van der Waals surface area contributed by atoms with Crippen molar-refractivity contribution in [3.63, 3.8) is 0 Å². The van der Waals surface area contributed by atoms with Crippen LogP contribution in [0.25, 0.3) is 11.1 Å². The molecule has 0 amide bonds. The first kappa shape index (κ1) is 26.4. The van der Waals surface area contributed by atoms with Crippen LogP contribution in [0, 0.1) is 6.07 Å². The number of rotatable bonds is 9. The first-order valence-electron chi connectivity index (χ1n) is 12.4. The highest BCUT2D eigenvalue weighted by molar-refractivity contribution is 8.39. The van der Waals surface area contributed by atoms with Gasteiger partial charge in [-0.2, -0.15) is 0 Å². The first-order valence-corrected chi connectivity index (χ1v) is 15.9. The lowest BCUT2D eigenvalue weighted by atomic mass is 10.0. The summed E-state index contributed by atoms with van der Waals surface area (Å²) >= 11 is 0. The van der Waals surface area contributed by atoms with Crippen molar-refractivity contribution >= 4 is 31.1 Å². The number of hydrogen-bond acceptors (Lipinski definition) is 2. The summed E-state index contributed by atoms with van der Waals surface area (Å²) in [6.07, 6.45) is 0. The van der Waals surface area contributed by atoms with Crippen LogP contribution in [0.2, 0.25) is 0 Å². The Morgan fingerprint density at radius 1 is 0.667 bits per heavy atom. The van der Waals surface area contributed by atoms with E-state index in [0.717, 1.165) is 22.6 Å². The second-order valence-corrected chi connectivity index (χ2v) is 15.7. The molecule has 36 heavy (non-hydrogen) atoms. The van der Waals surface area contributed by atoms with Gasteiger partial charge in [0.05, 0.1) is 14.2 Å². The summed E-state index contributed by atoms with van der Waals surface area (Å²) in [5.74, 6) is 2.19. The molecule has 0 bridgehead atoms. The molecule has 0 aliphatic rings. The van der Waals surface area contributed by atoms with E-state index >= 15 is 0 Å². The van der Waals surface area contributed by atoms with Crippen LogP contribution < -0.4 is 25.4 Å². The lowest BCUT2D eigenvalue weighted by Crippen LogP contribution is -2.20. The second kappa shape index (κ2) is 12.1. The molecule has 4 rings (SSSR count). The fourth-order valence-electron chi connectivity index (χ4n) is 4.50. The molecule has 4 aromatic carbocycles. The summed E-state index contributed by atoms with van der Waals surface area (Å²) < 4.78 is 11.7. The van der Waals surface area contributed by atoms with Crippen LogP contribution in [0.3, 0.4) is 0 Å². The summed E-state index contributed by atoms with van der Waals surface area (Å²) in [6.45, 7) is 9.23. The van der Waals surface area contributed by atoms with Crippen molar-refractivity contribution in [2.75, 3.05) is 14.2 Å². The van der Waals surface area contributed by atoms with E-state index in [2.05, 4.69) is 107 Å². The maximum absolute atomic E-state index is 5.95. The van der Waals surface area contributed by atoms with Gasteiger partial charge in [0.15, 0.2) is 0 Å². The average molecular weight is 514 g/mol. The van der Waals surface area contributed by atoms with Crippen molar-refractivity contribution in [2.45, 2.75) is 39.3 Å². The highest BCUT2D eigenvalue weighted by Crippen LogP contribution is 2.70. The molecule has 0 aromatic heterocycles. The van der Waals surface area contributed by atoms with Gasteiger partial charge in [0, 0.05) is 11.1 Å². The average Bonchev–Trinajstić information content (AvgIpc) is 2.91. The van der Waals surface area contributed by atoms with E-state index in [4.69, 9.17) is 9.47 Å². The number of ether oxygens (including phenoxy) is 2. The van der Waals surface area contributed by atoms with Crippen molar-refractivity contribution in [2.24, 2.45) is 0 Å². The largest absolute Gasteiger partial charge is 0.496 e. The zero-order chi connectivity index (χ0) is 25.7. The highest BCUT2D eigenvalue weighted by atomic mass is 32.1. The Labute approximate surface area is 219 Å². The van der Waals surface area contributed by atoms with Crippen molar-refractivity contribution in [3.8, 4) is 22.6 Å². The molecule has 0 N–H and O–H groups in total. The Morgan fingerprint density at radius 3 is 1.92 bits per heavy atom. The zero-order valence-corrected chi connectivity index (χ0v) is 23.8. The van der Waals surface area contributed by atoms with Crippen LogP contribution in [0.5, 0.6) is 11.5 Å². The Kier molecular flexibility index (Phi) is 8.84. The maximum atomic E-state index is 5.95. The van der Waals surface area contributed by atoms with E-state index in [-0.39, 0.29) is 0 Å². The van der Waals surface area contributed by atoms with Crippen LogP contribution in [0.1, 0.15) is 39.2 Å². The molecule has 4 heteroatoms. The van der Waals surface area contributed by atoms with E-state index in [1.807, 2.05) is 18.2 Å². The predicted octanol–water partition coefficient (Wildman–Crippen LogP) is 7.86. The zero-order valence-electron chi connectivity index (χ0n) is 22.0. The van der Waals surface area contributed by atoms with Crippen molar-refractivity contribution < 1.29 is 9.47 Å². The second-order valence-electron chi connectivity index (χ2n) is 9.30. The summed E-state index contributed by atoms with van der Waals surface area (Å²) in [5.41, 5.74) is 3.89. The quantitative estimate of drug-likeness (QED) is 0.212. The van der Waals surface area contributed by atoms with Crippen molar-refractivity contribution in [3.05, 3.63) is 103 Å². The van der Waals surface area contributed by atoms with Crippen LogP contribution in [0.4, 0.5) is 0 Å². The minimum Gasteiger partial charge on any atom is -0.496 e. The van der Waals surface area contributed by atoms with E-state index in [9.17, 15) is 0 Å². The number of hydrogen-bond donors (Lipinski definition) is 0. The third-order valence-corrected chi connectivity index (χ3v) is 14.8. The smallest absolute Gasteiger partial charge is 0.127 e. The minimum atomic E-state index is -0.645. The van der Waals surface area contributed by atoms with Gasteiger partial charge in [0.1, 0.15) is 11.5 Å². The van der Waals surface area contributed by atoms with E-state index < -0.39 is 15.2 Å². The Morgan fingerprint density at radius 2 is 1.31 bits per heavy atom. The molecule has 0 saturated carbocycles. The van der Waals surface area contributed by atoms with Gasteiger partial charge < -0.3 is 9.47 Å². The number of methoxy groups -OCH3 is 2. The monoisotopic (exact) mass is 513 g/mol. The van der Waals surface area contributed by atoms with Crippen molar-refractivity contribution in [1.82, 2.24) is 0 Å². The molecule has 0 aliphatic heterocycles. The van der Waals surface area contributed by atoms with Gasteiger partial charge in [-0.15, -0.1) is 0 Å². The molecular weight excluding hydrogens is 478 g/mol. The summed E-state index contributed by atoms with van der Waals surface area (Å²) in [5, 5.41) is 4.16. The third kappa shape index (κ3) is 5.51. The van der Waals surface area contributed by atoms with Crippen LogP contribution in [-0.4, -0.2) is 19.9 Å². The molecule has 4 aromatic rings. The van der Waals surface area contributed by atoms with Gasteiger partial charge in [-0.3, -0.25) is 0 Å². The molecule has 0 aliphatic carbocycles. The van der Waals surface area contributed by atoms with Crippen LogP contribution in [0.15, 0.2) is 91.0 Å². The molecule has 0 heterocycles. The van der Waals surface area contributed by atoms with E-state index in [1.165, 1.54) is 21.5 Å². The van der Waals surface area contributed by atoms with Gasteiger partial charge in [-0.25, -0.2) is 0 Å². The van der Waals surface area contributed by atoms with Crippen molar-refractivity contribution in [1.29, 1.82) is 0 Å². The molecule has 2 nitrogen and oxygen atoms in total. The molecule has 2 unspecified atom stereocenters. The molecule has 2 atom stereocenters. The van der Waals surface area contributed by atoms with Gasteiger partial charge >= 0.3 is 0 Å². The van der Waals surface area contributed by atoms with Crippen LogP contribution >= 0.6 is 15.2 Å². The van der Waals surface area contributed by atoms with Gasteiger partial charge in [0.2, 0.25) is 0 Å². The Balaban J connectivity index is 1.98. The summed E-state index contributed by atoms with van der Waals surface area (Å²) in [6, 6.07) is 36.3.